The molecular weight excluding hydrogens is 390 g/mol. The predicted octanol–water partition coefficient (Wildman–Crippen LogP) is 4.36. The molecule has 0 aliphatic carbocycles. The van der Waals surface area contributed by atoms with Gasteiger partial charge < -0.3 is 14.8 Å². The molecule has 6 heteroatoms. The highest BCUT2D eigenvalue weighted by molar-refractivity contribution is 9.11. The summed E-state index contributed by atoms with van der Waals surface area (Å²) in [5, 5.41) is 3.21. The highest BCUT2D eigenvalue weighted by atomic mass is 79.9. The van der Waals surface area contributed by atoms with Gasteiger partial charge >= 0.3 is 5.97 Å². The van der Waals surface area contributed by atoms with E-state index in [0.29, 0.717) is 18.8 Å². The lowest BCUT2D eigenvalue weighted by Gasteiger charge is -2.19. The first-order chi connectivity index (χ1) is 9.53. The van der Waals surface area contributed by atoms with E-state index in [1.165, 1.54) is 0 Å². The Bertz CT molecular complexity index is 466. The largest absolute Gasteiger partial charge is 0.495 e. The summed E-state index contributed by atoms with van der Waals surface area (Å²) in [4.78, 5) is 11.9. The first kappa shape index (κ1) is 17.3. The first-order valence-corrected chi connectivity index (χ1v) is 8.08. The third-order valence-corrected chi connectivity index (χ3v) is 4.00. The van der Waals surface area contributed by atoms with Gasteiger partial charge in [-0.05, 0) is 51.3 Å². The van der Waals surface area contributed by atoms with Crippen molar-refractivity contribution >= 4 is 43.5 Å². The molecule has 0 aliphatic heterocycles. The van der Waals surface area contributed by atoms with Gasteiger partial charge in [0.05, 0.1) is 23.9 Å². The fraction of sp³-hybridized carbons (Fsp3) is 0.500. The number of hydrogen-bond donors (Lipinski definition) is 1. The summed E-state index contributed by atoms with van der Waals surface area (Å²) in [7, 11) is 1.60. The van der Waals surface area contributed by atoms with Crippen LogP contribution in [0.2, 0.25) is 0 Å². The predicted molar refractivity (Wildman–Crippen MR) is 87.3 cm³/mol. The van der Waals surface area contributed by atoms with E-state index in [-0.39, 0.29) is 12.0 Å². The van der Waals surface area contributed by atoms with Crippen LogP contribution in [0.3, 0.4) is 0 Å². The zero-order valence-electron chi connectivity index (χ0n) is 11.8. The van der Waals surface area contributed by atoms with Crippen LogP contribution in [-0.4, -0.2) is 25.7 Å². The lowest BCUT2D eigenvalue weighted by Crippen LogP contribution is -2.31. The number of carbonyl (C=O) groups is 1. The normalized spacial score (nSPS) is 11.8. The van der Waals surface area contributed by atoms with Gasteiger partial charge in [0.25, 0.3) is 0 Å². The second kappa shape index (κ2) is 8.52. The summed E-state index contributed by atoms with van der Waals surface area (Å²) in [5.41, 5.74) is 0.802. The van der Waals surface area contributed by atoms with Crippen molar-refractivity contribution in [3.8, 4) is 5.75 Å². The number of esters is 1. The van der Waals surface area contributed by atoms with Crippen LogP contribution < -0.4 is 10.1 Å². The van der Waals surface area contributed by atoms with E-state index in [4.69, 9.17) is 9.47 Å². The number of anilines is 1. The first-order valence-electron chi connectivity index (χ1n) is 6.49. The van der Waals surface area contributed by atoms with E-state index in [1.54, 1.807) is 14.0 Å². The Morgan fingerprint density at radius 2 is 2.00 bits per heavy atom. The summed E-state index contributed by atoms with van der Waals surface area (Å²) in [6.45, 7) is 4.22. The van der Waals surface area contributed by atoms with Gasteiger partial charge in [-0.3, -0.25) is 0 Å². The average molecular weight is 409 g/mol. The molecule has 1 N–H and O–H groups in total. The van der Waals surface area contributed by atoms with Crippen LogP contribution in [0.15, 0.2) is 21.1 Å². The van der Waals surface area contributed by atoms with Gasteiger partial charge in [0.2, 0.25) is 0 Å². The minimum atomic E-state index is -0.359. The van der Waals surface area contributed by atoms with Crippen molar-refractivity contribution in [3.63, 3.8) is 0 Å². The Morgan fingerprint density at radius 1 is 1.30 bits per heavy atom. The minimum absolute atomic E-state index is 0.233. The van der Waals surface area contributed by atoms with Gasteiger partial charge in [0, 0.05) is 10.5 Å². The summed E-state index contributed by atoms with van der Waals surface area (Å²) in [6, 6.07) is 3.37. The minimum Gasteiger partial charge on any atom is -0.495 e. The van der Waals surface area contributed by atoms with E-state index in [0.717, 1.165) is 21.1 Å². The van der Waals surface area contributed by atoms with Crippen molar-refractivity contribution in [1.29, 1.82) is 0 Å². The Hall–Kier alpha value is -0.750. The molecule has 0 saturated carbocycles. The van der Waals surface area contributed by atoms with Crippen LogP contribution >= 0.6 is 31.9 Å². The molecule has 0 saturated heterocycles. The number of ether oxygens (including phenoxy) is 2. The average Bonchev–Trinajstić information content (AvgIpc) is 2.41. The molecule has 0 aliphatic rings. The maximum Gasteiger partial charge on any atom is 0.328 e. The van der Waals surface area contributed by atoms with Crippen LogP contribution in [0.5, 0.6) is 5.75 Å². The van der Waals surface area contributed by atoms with Crippen molar-refractivity contribution in [2.45, 2.75) is 32.7 Å². The second-order valence-electron chi connectivity index (χ2n) is 4.20. The number of halogens is 2. The Kier molecular flexibility index (Phi) is 7.37. The highest BCUT2D eigenvalue weighted by Crippen LogP contribution is 2.35. The second-order valence-corrected chi connectivity index (χ2v) is 5.91. The molecule has 112 valence electrons. The van der Waals surface area contributed by atoms with Crippen molar-refractivity contribution in [1.82, 2.24) is 0 Å². The van der Waals surface area contributed by atoms with E-state index in [1.807, 2.05) is 19.1 Å². The summed E-state index contributed by atoms with van der Waals surface area (Å²) in [5.74, 6) is 0.470. The molecule has 0 spiro atoms. The van der Waals surface area contributed by atoms with Crippen LogP contribution in [0, 0.1) is 0 Å². The van der Waals surface area contributed by atoms with Crippen LogP contribution in [0.1, 0.15) is 26.7 Å². The highest BCUT2D eigenvalue weighted by Gasteiger charge is 2.20. The third kappa shape index (κ3) is 4.66. The Labute approximate surface area is 136 Å². The smallest absolute Gasteiger partial charge is 0.328 e. The monoisotopic (exact) mass is 407 g/mol. The molecule has 0 aromatic heterocycles. The Balaban J connectivity index is 2.95. The zero-order valence-corrected chi connectivity index (χ0v) is 15.0. The van der Waals surface area contributed by atoms with E-state index >= 15 is 0 Å². The van der Waals surface area contributed by atoms with E-state index in [9.17, 15) is 4.79 Å². The summed E-state index contributed by atoms with van der Waals surface area (Å²) in [6.07, 6.45) is 1.60. The number of methoxy groups -OCH3 is 1. The molecule has 0 amide bonds. The van der Waals surface area contributed by atoms with E-state index < -0.39 is 0 Å². The molecule has 1 unspecified atom stereocenters. The topological polar surface area (TPSA) is 47.6 Å². The number of benzene rings is 1. The molecule has 20 heavy (non-hydrogen) atoms. The Morgan fingerprint density at radius 3 is 2.55 bits per heavy atom. The molecule has 4 nitrogen and oxygen atoms in total. The molecule has 1 rings (SSSR count). The van der Waals surface area contributed by atoms with Crippen molar-refractivity contribution in [3.05, 3.63) is 21.1 Å². The number of nitrogens with one attached hydrogen (secondary N) is 1. The standard InChI is InChI=1S/C14H19Br2NO3/c1-4-6-11(14(18)20-5-2)17-12-8-13(19-3)10(16)7-9(12)15/h7-8,11,17H,4-6H2,1-3H3. The molecule has 0 fully saturated rings. The van der Waals surface area contributed by atoms with Crippen LogP contribution in [0.4, 0.5) is 5.69 Å². The van der Waals surface area contributed by atoms with Crippen LogP contribution in [0.25, 0.3) is 0 Å². The number of hydrogen-bond acceptors (Lipinski definition) is 4. The van der Waals surface area contributed by atoms with Gasteiger partial charge in [-0.2, -0.15) is 0 Å². The van der Waals surface area contributed by atoms with Gasteiger partial charge in [-0.15, -0.1) is 0 Å². The van der Waals surface area contributed by atoms with Gasteiger partial charge in [-0.1, -0.05) is 13.3 Å². The van der Waals surface area contributed by atoms with Gasteiger partial charge in [0.15, 0.2) is 0 Å². The SMILES string of the molecule is CCCC(Nc1cc(OC)c(Br)cc1Br)C(=O)OCC. The fourth-order valence-electron chi connectivity index (χ4n) is 1.76. The molecular formula is C14H19Br2NO3. The molecule has 1 aromatic carbocycles. The van der Waals surface area contributed by atoms with Gasteiger partial charge in [-0.25, -0.2) is 4.79 Å². The number of rotatable bonds is 7. The summed E-state index contributed by atoms with van der Waals surface area (Å²) < 4.78 is 12.1. The fourth-order valence-corrected chi connectivity index (χ4v) is 3.03. The number of carbonyl (C=O) groups excluding carboxylic acids is 1. The summed E-state index contributed by atoms with van der Waals surface area (Å²) >= 11 is 6.90. The van der Waals surface area contributed by atoms with Crippen molar-refractivity contribution in [2.75, 3.05) is 19.0 Å². The maximum atomic E-state index is 11.9. The van der Waals surface area contributed by atoms with Crippen molar-refractivity contribution < 1.29 is 14.3 Å². The molecule has 0 heterocycles. The lowest BCUT2D eigenvalue weighted by molar-refractivity contribution is -0.144. The quantitative estimate of drug-likeness (QED) is 0.680. The van der Waals surface area contributed by atoms with E-state index in [2.05, 4.69) is 37.2 Å². The molecule has 0 bridgehead atoms. The zero-order chi connectivity index (χ0) is 15.1. The lowest BCUT2D eigenvalue weighted by atomic mass is 10.1. The molecule has 1 aromatic rings. The van der Waals surface area contributed by atoms with Gasteiger partial charge in [0.1, 0.15) is 11.8 Å². The molecule has 1 atom stereocenters. The molecule has 0 radical (unpaired) electrons. The third-order valence-electron chi connectivity index (χ3n) is 2.72. The van der Waals surface area contributed by atoms with Crippen molar-refractivity contribution in [2.24, 2.45) is 0 Å². The van der Waals surface area contributed by atoms with Crippen LogP contribution in [-0.2, 0) is 9.53 Å². The maximum absolute atomic E-state index is 11.9.